The van der Waals surface area contributed by atoms with E-state index in [1.165, 1.54) is 0 Å². The summed E-state index contributed by atoms with van der Waals surface area (Å²) in [6.07, 6.45) is 1.89. The van der Waals surface area contributed by atoms with Crippen molar-refractivity contribution in [2.75, 3.05) is 32.7 Å². The van der Waals surface area contributed by atoms with E-state index in [0.29, 0.717) is 13.2 Å². The van der Waals surface area contributed by atoms with Crippen LogP contribution in [0, 0.1) is 6.92 Å². The van der Waals surface area contributed by atoms with Crippen molar-refractivity contribution < 1.29 is 9.47 Å². The molecule has 0 saturated carbocycles. The maximum atomic E-state index is 5.22. The smallest absolute Gasteiger partial charge is 0.125 e. The van der Waals surface area contributed by atoms with E-state index >= 15 is 0 Å². The normalized spacial score (nSPS) is 12.5. The Morgan fingerprint density at radius 3 is 2.73 bits per heavy atom. The zero-order valence-corrected chi connectivity index (χ0v) is 9.49. The Balaban J connectivity index is 2.38. The first kappa shape index (κ1) is 11.9. The molecule has 0 aliphatic rings. The molecular formula is C11H18N2O2. The zero-order chi connectivity index (χ0) is 11.1. The van der Waals surface area contributed by atoms with Gasteiger partial charge in [-0.05, 0) is 18.6 Å². The molecule has 0 aromatic carbocycles. The molecule has 1 aromatic rings. The minimum Gasteiger partial charge on any atom is -0.382 e. The zero-order valence-electron chi connectivity index (χ0n) is 9.49. The fourth-order valence-corrected chi connectivity index (χ4v) is 1.19. The quantitative estimate of drug-likeness (QED) is 0.772. The molecule has 0 aliphatic heterocycles. The molecule has 1 rings (SSSR count). The van der Waals surface area contributed by atoms with E-state index in [4.69, 9.17) is 9.47 Å². The molecule has 84 valence electrons. The van der Waals surface area contributed by atoms with E-state index in [-0.39, 0.29) is 6.10 Å². The van der Waals surface area contributed by atoms with Gasteiger partial charge in [-0.25, -0.2) is 4.98 Å². The van der Waals surface area contributed by atoms with E-state index < -0.39 is 0 Å². The van der Waals surface area contributed by atoms with Crippen molar-refractivity contribution in [2.24, 2.45) is 0 Å². The Hall–Kier alpha value is -1.13. The molecule has 1 aromatic heterocycles. The van der Waals surface area contributed by atoms with Crippen molar-refractivity contribution in [1.29, 1.82) is 0 Å². The summed E-state index contributed by atoms with van der Waals surface area (Å²) in [6, 6.07) is 3.97. The second-order valence-electron chi connectivity index (χ2n) is 3.41. The Morgan fingerprint density at radius 2 is 2.20 bits per heavy atom. The van der Waals surface area contributed by atoms with Gasteiger partial charge in [-0.3, -0.25) is 0 Å². The van der Waals surface area contributed by atoms with Gasteiger partial charge in [0.05, 0.1) is 12.7 Å². The van der Waals surface area contributed by atoms with Gasteiger partial charge in [-0.15, -0.1) is 0 Å². The largest absolute Gasteiger partial charge is 0.382 e. The molecule has 4 nitrogen and oxygen atoms in total. The Kier molecular flexibility index (Phi) is 5.07. The summed E-state index contributed by atoms with van der Waals surface area (Å²) in [5.41, 5.74) is 1.15. The number of aromatic nitrogens is 1. The van der Waals surface area contributed by atoms with E-state index in [0.717, 1.165) is 11.4 Å². The molecule has 1 atom stereocenters. The molecule has 4 heteroatoms. The molecule has 0 radical (unpaired) electrons. The number of anilines is 1. The van der Waals surface area contributed by atoms with Crippen molar-refractivity contribution in [2.45, 2.75) is 13.0 Å². The van der Waals surface area contributed by atoms with Crippen LogP contribution in [-0.2, 0) is 9.47 Å². The van der Waals surface area contributed by atoms with Crippen LogP contribution in [0.15, 0.2) is 18.3 Å². The standard InChI is InChI=1S/C11H18N2O2/c1-9-4-5-11(12-6-9)13-7-10(15-3)8-14-2/h4-6,10H,7-8H2,1-3H3,(H,12,13). The van der Waals surface area contributed by atoms with Crippen LogP contribution in [0.1, 0.15) is 5.56 Å². The monoisotopic (exact) mass is 210 g/mol. The average Bonchev–Trinajstić information content (AvgIpc) is 2.26. The molecule has 1 heterocycles. The van der Waals surface area contributed by atoms with Crippen molar-refractivity contribution >= 4 is 5.82 Å². The van der Waals surface area contributed by atoms with Crippen molar-refractivity contribution in [3.8, 4) is 0 Å². The number of aryl methyl sites for hydroxylation is 1. The van der Waals surface area contributed by atoms with Gasteiger partial charge >= 0.3 is 0 Å². The summed E-state index contributed by atoms with van der Waals surface area (Å²) in [4.78, 5) is 4.24. The topological polar surface area (TPSA) is 43.4 Å². The first-order chi connectivity index (χ1) is 7.26. The third-order valence-corrected chi connectivity index (χ3v) is 2.11. The lowest BCUT2D eigenvalue weighted by molar-refractivity contribution is 0.0365. The Morgan fingerprint density at radius 1 is 1.40 bits per heavy atom. The van der Waals surface area contributed by atoms with Gasteiger partial charge in [0.25, 0.3) is 0 Å². The van der Waals surface area contributed by atoms with Gasteiger partial charge in [0.2, 0.25) is 0 Å². The first-order valence-electron chi connectivity index (χ1n) is 4.94. The number of hydrogen-bond donors (Lipinski definition) is 1. The van der Waals surface area contributed by atoms with Crippen LogP contribution in [0.3, 0.4) is 0 Å². The predicted molar refractivity (Wildman–Crippen MR) is 60.1 cm³/mol. The number of pyridine rings is 1. The Bertz CT molecular complexity index is 274. The predicted octanol–water partition coefficient (Wildman–Crippen LogP) is 1.46. The lowest BCUT2D eigenvalue weighted by atomic mass is 10.3. The van der Waals surface area contributed by atoms with Gasteiger partial charge in [0.15, 0.2) is 0 Å². The van der Waals surface area contributed by atoms with Crippen LogP contribution < -0.4 is 5.32 Å². The van der Waals surface area contributed by atoms with Gasteiger partial charge in [-0.1, -0.05) is 6.07 Å². The molecule has 1 N–H and O–H groups in total. The maximum Gasteiger partial charge on any atom is 0.125 e. The summed E-state index contributed by atoms with van der Waals surface area (Å²) in [5, 5.41) is 3.19. The fraction of sp³-hybridized carbons (Fsp3) is 0.545. The Labute approximate surface area is 90.6 Å². The van der Waals surface area contributed by atoms with E-state index in [2.05, 4.69) is 10.3 Å². The molecule has 0 spiro atoms. The molecule has 0 amide bonds. The van der Waals surface area contributed by atoms with Gasteiger partial charge < -0.3 is 14.8 Å². The summed E-state index contributed by atoms with van der Waals surface area (Å²) < 4.78 is 10.2. The number of rotatable bonds is 6. The van der Waals surface area contributed by atoms with E-state index in [1.54, 1.807) is 14.2 Å². The minimum atomic E-state index is 0.0538. The van der Waals surface area contributed by atoms with Crippen molar-refractivity contribution in [3.05, 3.63) is 23.9 Å². The van der Waals surface area contributed by atoms with E-state index in [1.807, 2.05) is 25.3 Å². The van der Waals surface area contributed by atoms with Crippen LogP contribution in [0.5, 0.6) is 0 Å². The van der Waals surface area contributed by atoms with Gasteiger partial charge in [0.1, 0.15) is 5.82 Å². The van der Waals surface area contributed by atoms with Crippen LogP contribution in [0.25, 0.3) is 0 Å². The van der Waals surface area contributed by atoms with Crippen LogP contribution in [0.2, 0.25) is 0 Å². The van der Waals surface area contributed by atoms with Gasteiger partial charge in [0, 0.05) is 27.0 Å². The number of nitrogens with one attached hydrogen (secondary N) is 1. The maximum absolute atomic E-state index is 5.22. The summed E-state index contributed by atoms with van der Waals surface area (Å²) in [7, 11) is 3.34. The first-order valence-corrected chi connectivity index (χ1v) is 4.94. The highest BCUT2D eigenvalue weighted by molar-refractivity contribution is 5.35. The number of hydrogen-bond acceptors (Lipinski definition) is 4. The number of methoxy groups -OCH3 is 2. The molecular weight excluding hydrogens is 192 g/mol. The third-order valence-electron chi connectivity index (χ3n) is 2.11. The van der Waals surface area contributed by atoms with Crippen LogP contribution >= 0.6 is 0 Å². The number of ether oxygens (including phenoxy) is 2. The summed E-state index contributed by atoms with van der Waals surface area (Å²) >= 11 is 0. The van der Waals surface area contributed by atoms with Crippen LogP contribution in [0.4, 0.5) is 5.82 Å². The lowest BCUT2D eigenvalue weighted by Crippen LogP contribution is -2.26. The lowest BCUT2D eigenvalue weighted by Gasteiger charge is -2.15. The molecule has 0 aliphatic carbocycles. The average molecular weight is 210 g/mol. The highest BCUT2D eigenvalue weighted by Crippen LogP contribution is 2.04. The SMILES string of the molecule is COCC(CNc1ccc(C)cn1)OC. The van der Waals surface area contributed by atoms with Crippen molar-refractivity contribution in [3.63, 3.8) is 0 Å². The number of nitrogens with zero attached hydrogens (tertiary/aromatic N) is 1. The summed E-state index contributed by atoms with van der Waals surface area (Å²) in [5.74, 6) is 0.860. The fourth-order valence-electron chi connectivity index (χ4n) is 1.19. The van der Waals surface area contributed by atoms with Crippen molar-refractivity contribution in [1.82, 2.24) is 4.98 Å². The van der Waals surface area contributed by atoms with E-state index in [9.17, 15) is 0 Å². The highest BCUT2D eigenvalue weighted by atomic mass is 16.5. The molecule has 0 saturated heterocycles. The van der Waals surface area contributed by atoms with Crippen LogP contribution in [-0.4, -0.2) is 38.5 Å². The molecule has 0 bridgehead atoms. The third kappa shape index (κ3) is 4.27. The molecule has 15 heavy (non-hydrogen) atoms. The molecule has 0 fully saturated rings. The summed E-state index contributed by atoms with van der Waals surface area (Å²) in [6.45, 7) is 3.29. The second kappa shape index (κ2) is 6.37. The second-order valence-corrected chi connectivity index (χ2v) is 3.41. The molecule has 1 unspecified atom stereocenters. The highest BCUT2D eigenvalue weighted by Gasteiger charge is 2.06. The van der Waals surface area contributed by atoms with Gasteiger partial charge in [-0.2, -0.15) is 0 Å². The minimum absolute atomic E-state index is 0.0538.